The summed E-state index contributed by atoms with van der Waals surface area (Å²) in [5.74, 6) is 0.870. The Morgan fingerprint density at radius 1 is 1.40 bits per heavy atom. The average Bonchev–Trinajstić information content (AvgIpc) is 2.61. The lowest BCUT2D eigenvalue weighted by atomic mass is 10.2. The van der Waals surface area contributed by atoms with Crippen LogP contribution in [0.1, 0.15) is 33.1 Å². The van der Waals surface area contributed by atoms with E-state index in [0.717, 1.165) is 10.4 Å². The average molecular weight is 270 g/mol. The summed E-state index contributed by atoms with van der Waals surface area (Å²) in [4.78, 5) is 11.1. The Labute approximate surface area is 99.0 Å². The second-order valence-corrected chi connectivity index (χ2v) is 5.01. The number of hydrogen-bond acceptors (Lipinski definition) is 3. The molecular weight excluding hydrogens is 254 g/mol. The molecule has 1 aromatic rings. The van der Waals surface area contributed by atoms with Crippen LogP contribution in [-0.2, 0) is 0 Å². The molecule has 2 unspecified atom stereocenters. The number of rotatable bonds is 2. The Balaban J connectivity index is 2.24. The van der Waals surface area contributed by atoms with Gasteiger partial charge in [0, 0.05) is 24.5 Å². The first-order chi connectivity index (χ1) is 7.22. The molecule has 1 saturated heterocycles. The van der Waals surface area contributed by atoms with Crippen LogP contribution in [0.25, 0.3) is 0 Å². The summed E-state index contributed by atoms with van der Waals surface area (Å²) in [6.07, 6.45) is 7.32. The fourth-order valence-electron chi connectivity index (χ4n) is 2.27. The molecular formula is C11H16BrN3. The predicted octanol–water partition coefficient (Wildman–Crippen LogP) is 3.01. The molecule has 0 bridgehead atoms. The second-order valence-electron chi connectivity index (χ2n) is 4.10. The van der Waals surface area contributed by atoms with Gasteiger partial charge in [-0.3, -0.25) is 0 Å². The summed E-state index contributed by atoms with van der Waals surface area (Å²) in [7, 11) is 0. The third-order valence-corrected chi connectivity index (χ3v) is 3.50. The zero-order valence-electron chi connectivity index (χ0n) is 9.15. The molecule has 1 aliphatic rings. The summed E-state index contributed by atoms with van der Waals surface area (Å²) >= 11 is 3.36. The Kier molecular flexibility index (Phi) is 3.24. The molecule has 0 spiro atoms. The predicted molar refractivity (Wildman–Crippen MR) is 65.0 cm³/mol. The molecule has 4 heteroatoms. The Morgan fingerprint density at radius 3 is 2.67 bits per heavy atom. The smallest absolute Gasteiger partial charge is 0.225 e. The number of anilines is 1. The van der Waals surface area contributed by atoms with Gasteiger partial charge in [0.05, 0.1) is 4.47 Å². The monoisotopic (exact) mass is 269 g/mol. The summed E-state index contributed by atoms with van der Waals surface area (Å²) in [5, 5.41) is 0. The minimum atomic E-state index is 0.566. The zero-order valence-corrected chi connectivity index (χ0v) is 10.7. The molecule has 1 aliphatic heterocycles. The van der Waals surface area contributed by atoms with Crippen molar-refractivity contribution >= 4 is 21.9 Å². The van der Waals surface area contributed by atoms with Gasteiger partial charge in [-0.2, -0.15) is 0 Å². The zero-order chi connectivity index (χ0) is 10.8. The highest BCUT2D eigenvalue weighted by atomic mass is 79.9. The summed E-state index contributed by atoms with van der Waals surface area (Å²) in [5.41, 5.74) is 0. The van der Waals surface area contributed by atoms with Crippen LogP contribution in [0.5, 0.6) is 0 Å². The van der Waals surface area contributed by atoms with Crippen LogP contribution in [0.3, 0.4) is 0 Å². The van der Waals surface area contributed by atoms with Gasteiger partial charge in [0.15, 0.2) is 0 Å². The Hall–Kier alpha value is -0.640. The van der Waals surface area contributed by atoms with Gasteiger partial charge in [-0.05, 0) is 42.1 Å². The summed E-state index contributed by atoms with van der Waals surface area (Å²) in [6.45, 7) is 4.48. The molecule has 2 atom stereocenters. The van der Waals surface area contributed by atoms with Crippen molar-refractivity contribution in [2.24, 2.45) is 0 Å². The molecule has 3 nitrogen and oxygen atoms in total. The molecule has 0 N–H and O–H groups in total. The highest BCUT2D eigenvalue weighted by Crippen LogP contribution is 2.29. The minimum absolute atomic E-state index is 0.566. The molecule has 0 saturated carbocycles. The van der Waals surface area contributed by atoms with Crippen molar-refractivity contribution in [3.63, 3.8) is 0 Å². The Bertz CT molecular complexity index is 325. The Morgan fingerprint density at radius 2 is 2.07 bits per heavy atom. The van der Waals surface area contributed by atoms with Crippen molar-refractivity contribution in [2.75, 3.05) is 4.90 Å². The molecule has 2 rings (SSSR count). The minimum Gasteiger partial charge on any atom is -0.335 e. The van der Waals surface area contributed by atoms with Gasteiger partial charge < -0.3 is 4.90 Å². The van der Waals surface area contributed by atoms with Crippen molar-refractivity contribution in [1.82, 2.24) is 9.97 Å². The highest BCUT2D eigenvalue weighted by molar-refractivity contribution is 9.10. The summed E-state index contributed by atoms with van der Waals surface area (Å²) in [6, 6.07) is 1.18. The van der Waals surface area contributed by atoms with E-state index < -0.39 is 0 Å². The van der Waals surface area contributed by atoms with Gasteiger partial charge in [-0.1, -0.05) is 6.92 Å². The van der Waals surface area contributed by atoms with Crippen molar-refractivity contribution in [3.05, 3.63) is 16.9 Å². The molecule has 2 heterocycles. The van der Waals surface area contributed by atoms with E-state index in [1.165, 1.54) is 19.3 Å². The first-order valence-corrected chi connectivity index (χ1v) is 6.27. The fourth-order valence-corrected chi connectivity index (χ4v) is 2.48. The third-order valence-electron chi connectivity index (χ3n) is 3.09. The lowest BCUT2D eigenvalue weighted by Gasteiger charge is -2.27. The molecule has 0 radical (unpaired) electrons. The van der Waals surface area contributed by atoms with E-state index in [4.69, 9.17) is 0 Å². The molecule has 0 aromatic carbocycles. The number of hydrogen-bond donors (Lipinski definition) is 0. The van der Waals surface area contributed by atoms with Gasteiger partial charge in [0.25, 0.3) is 0 Å². The lowest BCUT2D eigenvalue weighted by molar-refractivity contribution is 0.612. The number of aromatic nitrogens is 2. The maximum absolute atomic E-state index is 4.38. The van der Waals surface area contributed by atoms with Crippen molar-refractivity contribution in [3.8, 4) is 0 Å². The van der Waals surface area contributed by atoms with Crippen LogP contribution < -0.4 is 4.90 Å². The summed E-state index contributed by atoms with van der Waals surface area (Å²) < 4.78 is 0.936. The number of halogens is 1. The van der Waals surface area contributed by atoms with Crippen molar-refractivity contribution in [2.45, 2.75) is 45.2 Å². The molecule has 0 aliphatic carbocycles. The van der Waals surface area contributed by atoms with Crippen LogP contribution in [0.15, 0.2) is 16.9 Å². The lowest BCUT2D eigenvalue weighted by Crippen LogP contribution is -2.35. The highest BCUT2D eigenvalue weighted by Gasteiger charge is 2.30. The van der Waals surface area contributed by atoms with E-state index in [1.807, 2.05) is 12.4 Å². The van der Waals surface area contributed by atoms with E-state index in [2.05, 4.69) is 44.6 Å². The quantitative estimate of drug-likeness (QED) is 0.827. The first kappa shape index (κ1) is 10.9. The fraction of sp³-hybridized carbons (Fsp3) is 0.636. The third kappa shape index (κ3) is 2.14. The van der Waals surface area contributed by atoms with Gasteiger partial charge in [0.1, 0.15) is 0 Å². The van der Waals surface area contributed by atoms with Gasteiger partial charge in [-0.25, -0.2) is 9.97 Å². The van der Waals surface area contributed by atoms with Gasteiger partial charge in [-0.15, -0.1) is 0 Å². The molecule has 0 amide bonds. The van der Waals surface area contributed by atoms with Crippen LogP contribution in [0.4, 0.5) is 5.95 Å². The van der Waals surface area contributed by atoms with Crippen LogP contribution in [0.2, 0.25) is 0 Å². The van der Waals surface area contributed by atoms with E-state index in [1.54, 1.807) is 0 Å². The van der Waals surface area contributed by atoms with E-state index >= 15 is 0 Å². The first-order valence-electron chi connectivity index (χ1n) is 5.48. The van der Waals surface area contributed by atoms with E-state index in [-0.39, 0.29) is 0 Å². The van der Waals surface area contributed by atoms with Crippen LogP contribution in [-0.4, -0.2) is 22.1 Å². The van der Waals surface area contributed by atoms with Gasteiger partial charge in [0.2, 0.25) is 5.95 Å². The van der Waals surface area contributed by atoms with Gasteiger partial charge >= 0.3 is 0 Å². The SMILES string of the molecule is CCC1CCC(C)N1c1ncc(Br)cn1. The van der Waals surface area contributed by atoms with Crippen molar-refractivity contribution < 1.29 is 0 Å². The number of nitrogens with zero attached hydrogens (tertiary/aromatic N) is 3. The maximum atomic E-state index is 4.38. The van der Waals surface area contributed by atoms with Crippen LogP contribution in [0, 0.1) is 0 Å². The second kappa shape index (κ2) is 4.47. The standard InChI is InChI=1S/C11H16BrN3/c1-3-10-5-4-8(2)15(10)11-13-6-9(12)7-14-11/h6-8,10H,3-5H2,1-2H3. The molecule has 1 fully saturated rings. The van der Waals surface area contributed by atoms with E-state index in [9.17, 15) is 0 Å². The van der Waals surface area contributed by atoms with E-state index in [0.29, 0.717) is 12.1 Å². The molecule has 82 valence electrons. The topological polar surface area (TPSA) is 29.0 Å². The largest absolute Gasteiger partial charge is 0.335 e. The molecule has 1 aromatic heterocycles. The molecule has 15 heavy (non-hydrogen) atoms. The van der Waals surface area contributed by atoms with Crippen molar-refractivity contribution in [1.29, 1.82) is 0 Å². The normalized spacial score (nSPS) is 25.9. The van der Waals surface area contributed by atoms with Crippen LogP contribution >= 0.6 is 15.9 Å². The maximum Gasteiger partial charge on any atom is 0.225 e.